The van der Waals surface area contributed by atoms with Crippen LogP contribution in [0.3, 0.4) is 0 Å². The predicted molar refractivity (Wildman–Crippen MR) is 309 cm³/mol. The standard InChI is InChI=1S/C59H76F3N13O6S/c1-36(38-15-17-39(18-16-38)52-37(2)70-35-82-52)71-56(79)45-26-42(76)30-75(45)57(80)53(58(3,4)5)72-49(77)14-11-9-7-6-8-10-12-22-65-50(78)31-81-47-25-40(19-20-43(47)60)44-24-41(29-74-34-69-51-54(63)67-33-68-55(51)74)46(28-66-44)73-23-13-21-59(64,32-73)27-48(61)62/h15-20,24-25,28,33-36,42,45,48,53,76H,6-14,21-23,26-27,29-32,64H2,1-5H3,(H,65,78)(H,71,79)(H,72,77)(H2,63,67,68)/t36-,42+,45-,53+,59?/m0/s1. The first kappa shape index (κ1) is 60.8. The lowest BCUT2D eigenvalue weighted by atomic mass is 9.85. The molecule has 1 unspecified atom stereocenters. The van der Waals surface area contributed by atoms with Crippen molar-refractivity contribution in [3.8, 4) is 27.4 Å². The lowest BCUT2D eigenvalue weighted by Crippen LogP contribution is -2.57. The number of aliphatic hydroxyl groups is 1. The van der Waals surface area contributed by atoms with Gasteiger partial charge >= 0.3 is 0 Å². The molecule has 0 radical (unpaired) electrons. The average molecular weight is 1150 g/mol. The van der Waals surface area contributed by atoms with Crippen LogP contribution in [0.4, 0.5) is 24.7 Å². The molecule has 440 valence electrons. The molecule has 8 N–H and O–H groups in total. The monoisotopic (exact) mass is 1150 g/mol. The number of nitrogens with zero attached hydrogens (tertiary/aromatic N) is 8. The maximum absolute atomic E-state index is 15.2. The molecule has 23 heteroatoms. The van der Waals surface area contributed by atoms with Crippen LogP contribution in [0.15, 0.2) is 72.9 Å². The van der Waals surface area contributed by atoms with Gasteiger partial charge in [0.2, 0.25) is 24.1 Å². The van der Waals surface area contributed by atoms with Gasteiger partial charge in [0.1, 0.15) is 23.9 Å². The van der Waals surface area contributed by atoms with E-state index in [1.54, 1.807) is 34.5 Å². The van der Waals surface area contributed by atoms with Crippen LogP contribution in [-0.2, 0) is 25.7 Å². The van der Waals surface area contributed by atoms with Crippen LogP contribution in [0, 0.1) is 18.2 Å². The number of nitrogens with one attached hydrogen (secondary N) is 3. The van der Waals surface area contributed by atoms with Gasteiger partial charge in [-0.1, -0.05) is 77.1 Å². The van der Waals surface area contributed by atoms with E-state index in [1.807, 2.05) is 75.4 Å². The second-order valence-electron chi connectivity index (χ2n) is 22.9. The number of amides is 4. The van der Waals surface area contributed by atoms with Crippen molar-refractivity contribution < 1.29 is 42.2 Å². The minimum Gasteiger partial charge on any atom is -0.481 e. The van der Waals surface area contributed by atoms with Gasteiger partial charge in [0.25, 0.3) is 5.91 Å². The molecular weight excluding hydrogens is 1080 g/mol. The quantitative estimate of drug-likeness (QED) is 0.0297. The molecular formula is C59H76F3N13O6S. The Bertz CT molecular complexity index is 3170. The summed E-state index contributed by atoms with van der Waals surface area (Å²) in [6.07, 6.45) is 7.96. The molecule has 0 aliphatic carbocycles. The number of pyridine rings is 1. The highest BCUT2D eigenvalue weighted by molar-refractivity contribution is 7.13. The number of hydrogen-bond acceptors (Lipinski definition) is 15. The van der Waals surface area contributed by atoms with Crippen LogP contribution in [0.1, 0.15) is 128 Å². The number of thiazole rings is 1. The number of fused-ring (bicyclic) bond motifs is 1. The van der Waals surface area contributed by atoms with Gasteiger partial charge in [0, 0.05) is 56.5 Å². The molecule has 0 spiro atoms. The van der Waals surface area contributed by atoms with E-state index in [0.717, 1.165) is 65.8 Å². The predicted octanol–water partition coefficient (Wildman–Crippen LogP) is 8.03. The van der Waals surface area contributed by atoms with Crippen LogP contribution in [0.25, 0.3) is 32.9 Å². The summed E-state index contributed by atoms with van der Waals surface area (Å²) in [5.74, 6) is -1.99. The highest BCUT2D eigenvalue weighted by Gasteiger charge is 2.45. The molecule has 6 aromatic rings. The number of likely N-dealkylation sites (tertiary alicyclic amines) is 1. The maximum Gasteiger partial charge on any atom is 0.257 e. The number of rotatable bonds is 25. The van der Waals surface area contributed by atoms with Crippen LogP contribution in [-0.4, -0.2) is 126 Å². The van der Waals surface area contributed by atoms with Crippen molar-refractivity contribution in [3.63, 3.8) is 0 Å². The van der Waals surface area contributed by atoms with Crippen molar-refractivity contribution in [1.29, 1.82) is 0 Å². The maximum atomic E-state index is 15.2. The normalized spacial score (nSPS) is 18.2. The first-order valence-corrected chi connectivity index (χ1v) is 29.0. The molecule has 19 nitrogen and oxygen atoms in total. The summed E-state index contributed by atoms with van der Waals surface area (Å²) in [7, 11) is 0. The minimum absolute atomic E-state index is 0.00955. The number of imidazole rings is 1. The Morgan fingerprint density at radius 1 is 0.927 bits per heavy atom. The number of hydrogen-bond donors (Lipinski definition) is 6. The van der Waals surface area contributed by atoms with Gasteiger partial charge in [0.15, 0.2) is 29.6 Å². The van der Waals surface area contributed by atoms with E-state index in [1.165, 1.54) is 23.4 Å². The highest BCUT2D eigenvalue weighted by atomic mass is 32.1. The second-order valence-corrected chi connectivity index (χ2v) is 23.7. The van der Waals surface area contributed by atoms with Crippen molar-refractivity contribution in [2.45, 2.75) is 154 Å². The summed E-state index contributed by atoms with van der Waals surface area (Å²) in [6.45, 7) is 10.5. The van der Waals surface area contributed by atoms with E-state index in [4.69, 9.17) is 21.2 Å². The molecule has 2 fully saturated rings. The number of aliphatic hydroxyl groups excluding tert-OH is 1. The van der Waals surface area contributed by atoms with Gasteiger partial charge in [-0.2, -0.15) is 0 Å². The fourth-order valence-corrected chi connectivity index (χ4v) is 11.6. The van der Waals surface area contributed by atoms with E-state index in [0.29, 0.717) is 60.5 Å². The minimum atomic E-state index is -2.55. The Hall–Kier alpha value is -7.24. The fraction of sp³-hybridized carbons (Fsp3) is 0.508. The summed E-state index contributed by atoms with van der Waals surface area (Å²) < 4.78 is 49.8. The number of aryl methyl sites for hydroxylation is 1. The van der Waals surface area contributed by atoms with Crippen LogP contribution >= 0.6 is 11.3 Å². The molecule has 0 bridgehead atoms. The smallest absolute Gasteiger partial charge is 0.257 e. The fourth-order valence-electron chi connectivity index (χ4n) is 10.8. The van der Waals surface area contributed by atoms with E-state index in [2.05, 4.69) is 35.9 Å². The van der Waals surface area contributed by atoms with E-state index >= 15 is 4.39 Å². The Morgan fingerprint density at radius 3 is 2.38 bits per heavy atom. The number of aromatic nitrogens is 6. The molecule has 2 aliphatic heterocycles. The first-order valence-electron chi connectivity index (χ1n) is 28.2. The third kappa shape index (κ3) is 15.6. The van der Waals surface area contributed by atoms with Crippen LogP contribution in [0.5, 0.6) is 5.75 Å². The van der Waals surface area contributed by atoms with Gasteiger partial charge in [-0.15, -0.1) is 11.3 Å². The molecule has 0 saturated carbocycles. The number of carbonyl (C=O) groups is 4. The Balaban J connectivity index is 0.747. The summed E-state index contributed by atoms with van der Waals surface area (Å²) in [5, 5.41) is 19.5. The first-order chi connectivity index (χ1) is 39.2. The molecule has 2 saturated heterocycles. The third-order valence-electron chi connectivity index (χ3n) is 15.3. The zero-order valence-corrected chi connectivity index (χ0v) is 48.1. The van der Waals surface area contributed by atoms with Crippen molar-refractivity contribution in [3.05, 3.63) is 95.5 Å². The van der Waals surface area contributed by atoms with Crippen LogP contribution in [0.2, 0.25) is 0 Å². The third-order valence-corrected chi connectivity index (χ3v) is 16.3. The van der Waals surface area contributed by atoms with E-state index < -0.39 is 66.2 Å². The van der Waals surface area contributed by atoms with Crippen molar-refractivity contribution in [1.82, 2.24) is 50.3 Å². The summed E-state index contributed by atoms with van der Waals surface area (Å²) in [4.78, 5) is 80.2. The molecule has 5 atom stereocenters. The van der Waals surface area contributed by atoms with Gasteiger partial charge < -0.3 is 51.6 Å². The molecule has 4 amide bonds. The average Bonchev–Trinajstić information content (AvgIpc) is 4.08. The summed E-state index contributed by atoms with van der Waals surface area (Å²) in [6, 6.07) is 11.9. The molecule has 2 aromatic carbocycles. The van der Waals surface area contributed by atoms with E-state index in [-0.39, 0.29) is 61.9 Å². The van der Waals surface area contributed by atoms with Gasteiger partial charge in [-0.25, -0.2) is 33.1 Å². The number of benzene rings is 2. The molecule has 4 aromatic heterocycles. The van der Waals surface area contributed by atoms with Gasteiger partial charge in [-0.05, 0) is 85.9 Å². The summed E-state index contributed by atoms with van der Waals surface area (Å²) in [5.41, 5.74) is 18.9. The van der Waals surface area contributed by atoms with Crippen molar-refractivity contribution >= 4 is 57.6 Å². The lowest BCUT2D eigenvalue weighted by molar-refractivity contribution is -0.144. The molecule has 2 aliphatic rings. The van der Waals surface area contributed by atoms with Gasteiger partial charge in [-0.3, -0.25) is 24.2 Å². The molecule has 6 heterocycles. The zero-order valence-electron chi connectivity index (χ0n) is 47.3. The number of carbonyl (C=O) groups excluding carboxylic acids is 4. The SMILES string of the molecule is Cc1ncsc1-c1ccc([C@H](C)NC(=O)[C@@H]2C[C@@H](O)CN2C(=O)[C@@H](NC(=O)CCCCCCCCCNC(=O)COc2cc(-c3cc(Cn4cnc5c(N)ncnc54)c(N4CCCC(N)(CC(F)F)C4)cn3)ccc2F)C(C)(C)C)cc1. The number of nitrogen functional groups attached to an aromatic ring is 1. The van der Waals surface area contributed by atoms with E-state index in [9.17, 15) is 33.1 Å². The Morgan fingerprint density at radius 2 is 1.66 bits per heavy atom. The van der Waals surface area contributed by atoms with Crippen molar-refractivity contribution in [2.24, 2.45) is 11.1 Å². The van der Waals surface area contributed by atoms with Crippen LogP contribution < -0.4 is 37.1 Å². The number of ether oxygens (including phenoxy) is 1. The molecule has 8 rings (SSSR count). The second kappa shape index (κ2) is 27.2. The highest BCUT2D eigenvalue weighted by Crippen LogP contribution is 2.35. The number of unbranched alkanes of at least 4 members (excludes halogenated alkanes) is 6. The number of β-amino-alcohol motifs (C(OH)–C–C–N with tert-alkyl or cyclic N) is 1. The Labute approximate surface area is 480 Å². The number of alkyl halides is 2. The summed E-state index contributed by atoms with van der Waals surface area (Å²) >= 11 is 1.57. The largest absolute Gasteiger partial charge is 0.481 e. The number of nitrogens with two attached hydrogens (primary N) is 2. The Kier molecular flexibility index (Phi) is 20.2. The van der Waals surface area contributed by atoms with Crippen molar-refractivity contribution in [2.75, 3.05) is 43.4 Å². The topological polar surface area (TPSA) is 262 Å². The number of anilines is 2. The molecule has 82 heavy (non-hydrogen) atoms. The number of halogens is 3. The number of piperidine rings is 1. The lowest BCUT2D eigenvalue weighted by Gasteiger charge is -2.42. The van der Waals surface area contributed by atoms with Gasteiger partial charge in [0.05, 0.1) is 58.7 Å². The zero-order chi connectivity index (χ0) is 58.7.